The third kappa shape index (κ3) is 5.21. The van der Waals surface area contributed by atoms with Crippen LogP contribution in [0.4, 0.5) is 0 Å². The van der Waals surface area contributed by atoms with Crippen molar-refractivity contribution in [2.75, 3.05) is 19.8 Å². The van der Waals surface area contributed by atoms with Gasteiger partial charge >= 0.3 is 0 Å². The maximum absolute atomic E-state index is 9.23. The fraction of sp³-hybridized carbons (Fsp3) is 0.625. The molecule has 2 unspecified atom stereocenters. The van der Waals surface area contributed by atoms with Crippen LogP contribution in [0.3, 0.4) is 0 Å². The van der Waals surface area contributed by atoms with Crippen LogP contribution < -0.4 is 5.32 Å². The molecule has 1 heterocycles. The molecule has 0 aromatic heterocycles. The van der Waals surface area contributed by atoms with Crippen LogP contribution in [0.25, 0.3) is 0 Å². The molecule has 0 amide bonds. The fourth-order valence-electron chi connectivity index (χ4n) is 2.49. The Morgan fingerprint density at radius 3 is 2.84 bits per heavy atom. The van der Waals surface area contributed by atoms with Gasteiger partial charge in [-0.1, -0.05) is 12.1 Å². The minimum absolute atomic E-state index is 0.341. The number of phenolic OH excluding ortho intramolecular Hbond substituents is 1. The van der Waals surface area contributed by atoms with E-state index in [0.717, 1.165) is 38.5 Å². The van der Waals surface area contributed by atoms with Crippen molar-refractivity contribution in [1.82, 2.24) is 5.32 Å². The lowest BCUT2D eigenvalue weighted by molar-refractivity contribution is 0.184. The van der Waals surface area contributed by atoms with Gasteiger partial charge in [-0.25, -0.2) is 0 Å². The van der Waals surface area contributed by atoms with Gasteiger partial charge < -0.3 is 15.2 Å². The second-order valence-electron chi connectivity index (χ2n) is 5.58. The van der Waals surface area contributed by atoms with Gasteiger partial charge in [-0.05, 0) is 62.8 Å². The second kappa shape index (κ2) is 7.51. The molecule has 3 heteroatoms. The van der Waals surface area contributed by atoms with Gasteiger partial charge in [-0.15, -0.1) is 0 Å². The van der Waals surface area contributed by atoms with E-state index in [0.29, 0.717) is 11.8 Å². The van der Waals surface area contributed by atoms with Crippen LogP contribution in [0.5, 0.6) is 5.75 Å². The number of aromatic hydroxyl groups is 1. The fourth-order valence-corrected chi connectivity index (χ4v) is 2.49. The van der Waals surface area contributed by atoms with Crippen molar-refractivity contribution in [3.8, 4) is 5.75 Å². The first-order valence-corrected chi connectivity index (χ1v) is 7.33. The van der Waals surface area contributed by atoms with Crippen LogP contribution in [-0.4, -0.2) is 30.9 Å². The predicted molar refractivity (Wildman–Crippen MR) is 77.4 cm³/mol. The lowest BCUT2D eigenvalue weighted by Crippen LogP contribution is -2.28. The van der Waals surface area contributed by atoms with E-state index in [1.807, 2.05) is 12.1 Å². The van der Waals surface area contributed by atoms with E-state index >= 15 is 0 Å². The molecular weight excluding hydrogens is 238 g/mol. The lowest BCUT2D eigenvalue weighted by Gasteiger charge is -2.15. The van der Waals surface area contributed by atoms with Crippen molar-refractivity contribution in [3.63, 3.8) is 0 Å². The summed E-state index contributed by atoms with van der Waals surface area (Å²) in [5.41, 5.74) is 1.29. The van der Waals surface area contributed by atoms with Crippen LogP contribution in [0, 0.1) is 5.92 Å². The molecule has 3 nitrogen and oxygen atoms in total. The molecule has 0 aliphatic carbocycles. The highest BCUT2D eigenvalue weighted by Crippen LogP contribution is 2.15. The summed E-state index contributed by atoms with van der Waals surface area (Å²) in [6, 6.07) is 8.05. The quantitative estimate of drug-likeness (QED) is 0.795. The first-order chi connectivity index (χ1) is 9.24. The molecule has 1 fully saturated rings. The summed E-state index contributed by atoms with van der Waals surface area (Å²) in [7, 11) is 0. The molecule has 0 spiro atoms. The Hall–Kier alpha value is -1.06. The summed E-state index contributed by atoms with van der Waals surface area (Å²) in [6.45, 7) is 5.22. The molecule has 1 aromatic carbocycles. The molecule has 2 N–H and O–H groups in total. The Balaban J connectivity index is 1.58. The Labute approximate surface area is 116 Å². The van der Waals surface area contributed by atoms with Gasteiger partial charge in [0.05, 0.1) is 0 Å². The summed E-state index contributed by atoms with van der Waals surface area (Å²) >= 11 is 0. The van der Waals surface area contributed by atoms with Crippen molar-refractivity contribution >= 4 is 0 Å². The van der Waals surface area contributed by atoms with E-state index in [4.69, 9.17) is 4.74 Å². The topological polar surface area (TPSA) is 41.5 Å². The zero-order valence-corrected chi connectivity index (χ0v) is 11.8. The predicted octanol–water partition coefficient (Wildman–Crippen LogP) is 2.73. The molecule has 0 saturated carbocycles. The number of ether oxygens (including phenoxy) is 1. The van der Waals surface area contributed by atoms with E-state index < -0.39 is 0 Å². The van der Waals surface area contributed by atoms with Crippen molar-refractivity contribution in [2.24, 2.45) is 5.92 Å². The monoisotopic (exact) mass is 263 g/mol. The van der Waals surface area contributed by atoms with Gasteiger partial charge in [-0.2, -0.15) is 0 Å². The van der Waals surface area contributed by atoms with E-state index in [9.17, 15) is 5.11 Å². The molecule has 2 atom stereocenters. The molecule has 0 radical (unpaired) electrons. The van der Waals surface area contributed by atoms with Gasteiger partial charge in [0.25, 0.3) is 0 Å². The smallest absolute Gasteiger partial charge is 0.115 e. The maximum atomic E-state index is 9.23. The summed E-state index contributed by atoms with van der Waals surface area (Å²) in [5.74, 6) is 1.10. The number of phenols is 1. The Morgan fingerprint density at radius 2 is 2.16 bits per heavy atom. The highest BCUT2D eigenvalue weighted by Gasteiger charge is 2.15. The zero-order chi connectivity index (χ0) is 13.5. The number of aryl methyl sites for hydroxylation is 1. The van der Waals surface area contributed by atoms with Gasteiger partial charge in [0.2, 0.25) is 0 Å². The molecular formula is C16H25NO2. The molecule has 19 heavy (non-hydrogen) atoms. The minimum atomic E-state index is 0.341. The summed E-state index contributed by atoms with van der Waals surface area (Å²) in [4.78, 5) is 0. The highest BCUT2D eigenvalue weighted by atomic mass is 16.5. The van der Waals surface area contributed by atoms with Gasteiger partial charge in [0.15, 0.2) is 0 Å². The van der Waals surface area contributed by atoms with Crippen molar-refractivity contribution < 1.29 is 9.84 Å². The second-order valence-corrected chi connectivity index (χ2v) is 5.58. The molecule has 1 aliphatic heterocycles. The number of rotatable bonds is 7. The number of hydrogen-bond acceptors (Lipinski definition) is 3. The normalized spacial score (nSPS) is 20.6. The van der Waals surface area contributed by atoms with E-state index in [1.165, 1.54) is 18.4 Å². The van der Waals surface area contributed by atoms with Crippen LogP contribution in [0.2, 0.25) is 0 Å². The third-order valence-corrected chi connectivity index (χ3v) is 3.87. The molecule has 106 valence electrons. The Morgan fingerprint density at radius 1 is 1.37 bits per heavy atom. The standard InChI is InChI=1S/C16H25NO2/c1-13(17-10-8-15-9-11-19-12-15)2-3-14-4-6-16(18)7-5-14/h4-7,13,15,17-18H,2-3,8-12H2,1H3. The van der Waals surface area contributed by atoms with Crippen LogP contribution >= 0.6 is 0 Å². The van der Waals surface area contributed by atoms with Gasteiger partial charge in [0, 0.05) is 19.3 Å². The van der Waals surface area contributed by atoms with Gasteiger partial charge in [0.1, 0.15) is 5.75 Å². The van der Waals surface area contributed by atoms with Gasteiger partial charge in [-0.3, -0.25) is 0 Å². The van der Waals surface area contributed by atoms with E-state index in [2.05, 4.69) is 12.2 Å². The number of benzene rings is 1. The maximum Gasteiger partial charge on any atom is 0.115 e. The summed E-state index contributed by atoms with van der Waals surface area (Å²) < 4.78 is 5.38. The van der Waals surface area contributed by atoms with Crippen LogP contribution in [0.15, 0.2) is 24.3 Å². The molecule has 0 bridgehead atoms. The minimum Gasteiger partial charge on any atom is -0.508 e. The average Bonchev–Trinajstić information content (AvgIpc) is 2.91. The van der Waals surface area contributed by atoms with Crippen molar-refractivity contribution in [1.29, 1.82) is 0 Å². The Kier molecular flexibility index (Phi) is 5.67. The van der Waals surface area contributed by atoms with Crippen molar-refractivity contribution in [2.45, 2.75) is 38.6 Å². The molecule has 1 saturated heterocycles. The lowest BCUT2D eigenvalue weighted by atomic mass is 10.0. The zero-order valence-electron chi connectivity index (χ0n) is 11.8. The number of nitrogens with one attached hydrogen (secondary N) is 1. The van der Waals surface area contributed by atoms with Crippen LogP contribution in [0.1, 0.15) is 31.7 Å². The summed E-state index contributed by atoms with van der Waals surface area (Å²) in [6.07, 6.45) is 4.64. The highest BCUT2D eigenvalue weighted by molar-refractivity contribution is 5.25. The SMILES string of the molecule is CC(CCc1ccc(O)cc1)NCCC1CCOC1. The largest absolute Gasteiger partial charge is 0.508 e. The molecule has 1 aliphatic rings. The number of hydrogen-bond donors (Lipinski definition) is 2. The molecule has 2 rings (SSSR count). The average molecular weight is 263 g/mol. The first kappa shape index (κ1) is 14.4. The summed E-state index contributed by atoms with van der Waals surface area (Å²) in [5, 5.41) is 12.8. The first-order valence-electron chi connectivity index (χ1n) is 7.33. The van der Waals surface area contributed by atoms with Crippen molar-refractivity contribution in [3.05, 3.63) is 29.8 Å². The Bertz CT molecular complexity index is 358. The molecule has 1 aromatic rings. The van der Waals surface area contributed by atoms with Crippen LogP contribution in [-0.2, 0) is 11.2 Å². The van der Waals surface area contributed by atoms with E-state index in [1.54, 1.807) is 12.1 Å². The third-order valence-electron chi connectivity index (χ3n) is 3.87. The van der Waals surface area contributed by atoms with E-state index in [-0.39, 0.29) is 0 Å².